The number of benzene rings is 1. The number of ether oxygens (including phenoxy) is 1. The van der Waals surface area contributed by atoms with Crippen molar-refractivity contribution in [3.63, 3.8) is 0 Å². The van der Waals surface area contributed by atoms with Crippen LogP contribution >= 0.6 is 21.8 Å². The third kappa shape index (κ3) is 8.77. The molecule has 0 spiro atoms. The van der Waals surface area contributed by atoms with Crippen LogP contribution in [-0.2, 0) is 0 Å². The summed E-state index contributed by atoms with van der Waals surface area (Å²) in [7, 11) is 0.168. The van der Waals surface area contributed by atoms with E-state index in [4.69, 9.17) is 4.74 Å². The molecule has 0 unspecified atom stereocenters. The molecular formula is C23H39IOSi. The molecule has 1 fully saturated rings. The first kappa shape index (κ1) is 22.3. The van der Waals surface area contributed by atoms with Crippen LogP contribution < -0.4 is 4.74 Å². The van der Waals surface area contributed by atoms with Gasteiger partial charge in [0.25, 0.3) is 0 Å². The van der Waals surface area contributed by atoms with Crippen LogP contribution in [0.25, 0.3) is 0 Å². The zero-order chi connectivity index (χ0) is 18.5. The van der Waals surface area contributed by atoms with Gasteiger partial charge in [0.05, 0.1) is 13.6 Å². The number of hydrogen-bond donors (Lipinski definition) is 0. The van der Waals surface area contributed by atoms with Crippen LogP contribution in [0.15, 0.2) is 24.3 Å². The fourth-order valence-corrected chi connectivity index (χ4v) is 6.23. The average Bonchev–Trinajstić information content (AvgIpc) is 2.69. The first-order chi connectivity index (χ1) is 12.8. The quantitative estimate of drug-likeness (QED) is 0.122. The molecule has 148 valence electrons. The molecule has 0 atom stereocenters. The van der Waals surface area contributed by atoms with Crippen molar-refractivity contribution in [1.29, 1.82) is 0 Å². The number of unbranched alkanes of at least 4 members (excludes halogenated alkanes) is 5. The first-order valence-corrected chi connectivity index (χ1v) is 17.2. The Morgan fingerprint density at radius 1 is 0.923 bits per heavy atom. The van der Waals surface area contributed by atoms with Gasteiger partial charge in [-0.2, -0.15) is 0 Å². The molecule has 1 saturated carbocycles. The maximum absolute atomic E-state index is 5.87. The SMILES string of the molecule is CCCCCCCCC1CCC(c2ccc(OCCC[SiH2]I)cc2)CC1. The van der Waals surface area contributed by atoms with E-state index < -0.39 is 0 Å². The van der Waals surface area contributed by atoms with Gasteiger partial charge in [-0.3, -0.25) is 0 Å². The van der Waals surface area contributed by atoms with Crippen molar-refractivity contribution < 1.29 is 4.74 Å². The van der Waals surface area contributed by atoms with Crippen LogP contribution in [0, 0.1) is 5.92 Å². The van der Waals surface area contributed by atoms with Crippen LogP contribution in [0.5, 0.6) is 5.75 Å². The zero-order valence-electron chi connectivity index (χ0n) is 16.9. The van der Waals surface area contributed by atoms with E-state index in [1.54, 1.807) is 0 Å². The van der Waals surface area contributed by atoms with E-state index in [2.05, 4.69) is 53.0 Å². The second-order valence-electron chi connectivity index (χ2n) is 8.09. The van der Waals surface area contributed by atoms with Crippen LogP contribution in [0.3, 0.4) is 0 Å². The highest BCUT2D eigenvalue weighted by atomic mass is 127. The smallest absolute Gasteiger partial charge is 0.119 e. The van der Waals surface area contributed by atoms with Gasteiger partial charge < -0.3 is 4.74 Å². The largest absolute Gasteiger partial charge is 0.494 e. The number of halogens is 1. The zero-order valence-corrected chi connectivity index (χ0v) is 20.4. The van der Waals surface area contributed by atoms with Crippen molar-refractivity contribution >= 4 is 28.8 Å². The third-order valence-corrected chi connectivity index (χ3v) is 9.02. The molecule has 0 saturated heterocycles. The van der Waals surface area contributed by atoms with Crippen LogP contribution in [0.2, 0.25) is 6.04 Å². The van der Waals surface area contributed by atoms with Crippen molar-refractivity contribution in [2.24, 2.45) is 5.92 Å². The van der Waals surface area contributed by atoms with Crippen molar-refractivity contribution in [1.82, 2.24) is 0 Å². The predicted octanol–water partition coefficient (Wildman–Crippen LogP) is 7.42. The molecule has 0 bridgehead atoms. The van der Waals surface area contributed by atoms with E-state index in [1.165, 1.54) is 88.7 Å². The standard InChI is InChI=1S/C23H39IOSi/c1-2-3-4-5-6-7-9-20-10-12-21(13-11-20)22-14-16-23(17-15-22)25-18-8-19-26-24/h14-17,20-21H,2-13,18-19,26H2,1H3. The van der Waals surface area contributed by atoms with Crippen molar-refractivity contribution in [2.45, 2.75) is 95.9 Å². The van der Waals surface area contributed by atoms with Gasteiger partial charge in [0.15, 0.2) is 0 Å². The number of hydrogen-bond acceptors (Lipinski definition) is 1. The monoisotopic (exact) mass is 486 g/mol. The molecule has 1 aromatic carbocycles. The van der Waals surface area contributed by atoms with Crippen molar-refractivity contribution in [3.8, 4) is 5.75 Å². The molecule has 1 aromatic rings. The summed E-state index contributed by atoms with van der Waals surface area (Å²) in [6, 6.07) is 10.4. The summed E-state index contributed by atoms with van der Waals surface area (Å²) in [5, 5.41) is 0. The second-order valence-corrected chi connectivity index (χ2v) is 12.4. The molecule has 1 aliphatic carbocycles. The summed E-state index contributed by atoms with van der Waals surface area (Å²) in [4.78, 5) is 0. The van der Waals surface area contributed by atoms with Crippen molar-refractivity contribution in [3.05, 3.63) is 29.8 Å². The summed E-state index contributed by atoms with van der Waals surface area (Å²) >= 11 is 2.57. The Bertz CT molecular complexity index is 454. The summed E-state index contributed by atoms with van der Waals surface area (Å²) < 4.78 is 5.87. The van der Waals surface area contributed by atoms with Crippen LogP contribution in [0.1, 0.15) is 95.5 Å². The van der Waals surface area contributed by atoms with Gasteiger partial charge in [0, 0.05) is 0 Å². The fourth-order valence-electron chi connectivity index (χ4n) is 4.22. The molecule has 1 aliphatic rings. The van der Waals surface area contributed by atoms with Gasteiger partial charge in [0.1, 0.15) is 5.75 Å². The maximum Gasteiger partial charge on any atom is 0.119 e. The Morgan fingerprint density at radius 3 is 2.31 bits per heavy atom. The molecule has 26 heavy (non-hydrogen) atoms. The average molecular weight is 487 g/mol. The Hall–Kier alpha value is -0.0331. The number of rotatable bonds is 13. The Balaban J connectivity index is 1.61. The van der Waals surface area contributed by atoms with Gasteiger partial charge in [-0.15, -0.1) is 21.8 Å². The van der Waals surface area contributed by atoms with E-state index >= 15 is 0 Å². The molecule has 2 rings (SSSR count). The predicted molar refractivity (Wildman–Crippen MR) is 127 cm³/mol. The van der Waals surface area contributed by atoms with E-state index in [0.29, 0.717) is 0 Å². The summed E-state index contributed by atoms with van der Waals surface area (Å²) in [6.45, 7) is 3.19. The second kappa shape index (κ2) is 14.0. The van der Waals surface area contributed by atoms with Gasteiger partial charge in [-0.05, 0) is 61.6 Å². The van der Waals surface area contributed by atoms with E-state index in [1.807, 2.05) is 0 Å². The molecule has 0 N–H and O–H groups in total. The van der Waals surface area contributed by atoms with Gasteiger partial charge in [0.2, 0.25) is 0 Å². The molecule has 0 heterocycles. The highest BCUT2D eigenvalue weighted by Crippen LogP contribution is 2.38. The van der Waals surface area contributed by atoms with E-state index in [0.717, 1.165) is 24.2 Å². The molecule has 1 nitrogen and oxygen atoms in total. The molecule has 0 aliphatic heterocycles. The van der Waals surface area contributed by atoms with E-state index in [-0.39, 0.29) is 7.02 Å². The lowest BCUT2D eigenvalue weighted by Crippen LogP contribution is -2.13. The molecule has 3 heteroatoms. The minimum Gasteiger partial charge on any atom is -0.494 e. The molecular weight excluding hydrogens is 447 g/mol. The van der Waals surface area contributed by atoms with Gasteiger partial charge in [-0.1, -0.05) is 70.0 Å². The minimum absolute atomic E-state index is 0.168. The first-order valence-electron chi connectivity index (χ1n) is 11.1. The Kier molecular flexibility index (Phi) is 12.0. The van der Waals surface area contributed by atoms with Crippen LogP contribution in [-0.4, -0.2) is 13.6 Å². The maximum atomic E-state index is 5.87. The van der Waals surface area contributed by atoms with Gasteiger partial charge in [-0.25, -0.2) is 0 Å². The lowest BCUT2D eigenvalue weighted by molar-refractivity contribution is 0.301. The lowest BCUT2D eigenvalue weighted by Gasteiger charge is -2.29. The fraction of sp³-hybridized carbons (Fsp3) is 0.739. The molecule has 0 aromatic heterocycles. The summed E-state index contributed by atoms with van der Waals surface area (Å²) in [5.74, 6) is 2.84. The van der Waals surface area contributed by atoms with Crippen LogP contribution in [0.4, 0.5) is 0 Å². The highest BCUT2D eigenvalue weighted by molar-refractivity contribution is 14.1. The normalized spacial score (nSPS) is 20.7. The Labute approximate surface area is 177 Å². The van der Waals surface area contributed by atoms with E-state index in [9.17, 15) is 0 Å². The topological polar surface area (TPSA) is 9.23 Å². The van der Waals surface area contributed by atoms with Crippen molar-refractivity contribution in [2.75, 3.05) is 6.61 Å². The lowest BCUT2D eigenvalue weighted by atomic mass is 9.77. The minimum atomic E-state index is 0.168. The third-order valence-electron chi connectivity index (χ3n) is 5.96. The molecule has 0 amide bonds. The Morgan fingerprint density at radius 2 is 1.62 bits per heavy atom. The molecule has 0 radical (unpaired) electrons. The van der Waals surface area contributed by atoms with Gasteiger partial charge >= 0.3 is 0 Å². The highest BCUT2D eigenvalue weighted by Gasteiger charge is 2.22. The summed E-state index contributed by atoms with van der Waals surface area (Å²) in [5.41, 5.74) is 1.54. The summed E-state index contributed by atoms with van der Waals surface area (Å²) in [6.07, 6.45) is 17.0.